The van der Waals surface area contributed by atoms with Crippen LogP contribution in [0.5, 0.6) is 11.6 Å². The van der Waals surface area contributed by atoms with Crippen molar-refractivity contribution in [3.63, 3.8) is 0 Å². The topological polar surface area (TPSA) is 56.2 Å². The number of carbonyl (C=O) groups is 1. The summed E-state index contributed by atoms with van der Waals surface area (Å²) in [5.41, 5.74) is 5.08. The Morgan fingerprint density at radius 1 is 1.00 bits per heavy atom. The van der Waals surface area contributed by atoms with E-state index in [1.807, 2.05) is 69.3 Å². The van der Waals surface area contributed by atoms with Crippen LogP contribution in [-0.4, -0.2) is 15.7 Å². The van der Waals surface area contributed by atoms with Gasteiger partial charge in [0.1, 0.15) is 11.6 Å². The molecule has 1 aromatic heterocycles. The zero-order valence-corrected chi connectivity index (χ0v) is 18.9. The smallest absolute Gasteiger partial charge is 0.226 e. The standard InChI is InChI=1S/C27H26FN3O2/c1-18-8-6-12-23(16-18)31-27(33-25-13-5-4-9-19(25)2)24(20(3)30-31)14-15-26(32)29-22-11-7-10-21(28)17-22/h4-13,16-17H,14-15H2,1-3H3,(H,29,32). The van der Waals surface area contributed by atoms with Crippen LogP contribution in [0.4, 0.5) is 10.1 Å². The van der Waals surface area contributed by atoms with Crippen molar-refractivity contribution in [3.05, 3.63) is 101 Å². The van der Waals surface area contributed by atoms with Crippen LogP contribution in [0.3, 0.4) is 0 Å². The van der Waals surface area contributed by atoms with E-state index in [-0.39, 0.29) is 12.3 Å². The maximum absolute atomic E-state index is 13.4. The van der Waals surface area contributed by atoms with Crippen molar-refractivity contribution in [2.45, 2.75) is 33.6 Å². The average Bonchev–Trinajstić information content (AvgIpc) is 3.09. The van der Waals surface area contributed by atoms with Gasteiger partial charge in [-0.15, -0.1) is 0 Å². The van der Waals surface area contributed by atoms with Crippen LogP contribution < -0.4 is 10.1 Å². The molecule has 0 fully saturated rings. The molecule has 0 aliphatic carbocycles. The Kier molecular flexibility index (Phi) is 6.54. The predicted octanol–water partition coefficient (Wildman–Crippen LogP) is 6.30. The van der Waals surface area contributed by atoms with Crippen LogP contribution in [-0.2, 0) is 11.2 Å². The fraction of sp³-hybridized carbons (Fsp3) is 0.185. The van der Waals surface area contributed by atoms with Crippen molar-refractivity contribution in [2.24, 2.45) is 0 Å². The van der Waals surface area contributed by atoms with Gasteiger partial charge in [-0.05, 0) is 74.7 Å². The Morgan fingerprint density at radius 3 is 2.55 bits per heavy atom. The fourth-order valence-corrected chi connectivity index (χ4v) is 3.67. The molecule has 0 bridgehead atoms. The van der Waals surface area contributed by atoms with E-state index in [4.69, 9.17) is 9.84 Å². The second kappa shape index (κ2) is 9.69. The summed E-state index contributed by atoms with van der Waals surface area (Å²) in [7, 11) is 0. The van der Waals surface area contributed by atoms with Crippen molar-refractivity contribution < 1.29 is 13.9 Å². The second-order valence-corrected chi connectivity index (χ2v) is 8.05. The summed E-state index contributed by atoms with van der Waals surface area (Å²) in [6.45, 7) is 5.93. The number of rotatable bonds is 7. The Hall–Kier alpha value is -3.93. The number of para-hydroxylation sites is 1. The molecule has 0 spiro atoms. The van der Waals surface area contributed by atoms with Crippen molar-refractivity contribution in [2.75, 3.05) is 5.32 Å². The molecule has 3 aromatic carbocycles. The van der Waals surface area contributed by atoms with Gasteiger partial charge in [-0.1, -0.05) is 36.4 Å². The van der Waals surface area contributed by atoms with E-state index in [0.717, 1.165) is 33.8 Å². The first-order valence-electron chi connectivity index (χ1n) is 10.8. The molecule has 33 heavy (non-hydrogen) atoms. The first-order valence-corrected chi connectivity index (χ1v) is 10.8. The quantitative estimate of drug-likeness (QED) is 0.365. The third-order valence-electron chi connectivity index (χ3n) is 5.39. The number of ether oxygens (including phenoxy) is 1. The molecule has 1 heterocycles. The summed E-state index contributed by atoms with van der Waals surface area (Å²) in [6.07, 6.45) is 0.640. The van der Waals surface area contributed by atoms with E-state index >= 15 is 0 Å². The van der Waals surface area contributed by atoms with Crippen LogP contribution in [0.25, 0.3) is 5.69 Å². The Labute approximate surface area is 192 Å². The lowest BCUT2D eigenvalue weighted by Gasteiger charge is -2.13. The van der Waals surface area contributed by atoms with Gasteiger partial charge < -0.3 is 10.1 Å². The molecule has 0 saturated heterocycles. The molecule has 1 amide bonds. The molecule has 0 aliphatic heterocycles. The summed E-state index contributed by atoms with van der Waals surface area (Å²) in [6, 6.07) is 21.7. The zero-order chi connectivity index (χ0) is 23.4. The van der Waals surface area contributed by atoms with Gasteiger partial charge in [0.2, 0.25) is 11.8 Å². The third kappa shape index (κ3) is 5.29. The van der Waals surface area contributed by atoms with Gasteiger partial charge in [-0.3, -0.25) is 4.79 Å². The van der Waals surface area contributed by atoms with E-state index in [9.17, 15) is 9.18 Å². The largest absolute Gasteiger partial charge is 0.438 e. The Balaban J connectivity index is 1.63. The molecular weight excluding hydrogens is 417 g/mol. The van der Waals surface area contributed by atoms with E-state index in [1.54, 1.807) is 16.8 Å². The number of aromatic nitrogens is 2. The fourth-order valence-electron chi connectivity index (χ4n) is 3.67. The maximum Gasteiger partial charge on any atom is 0.226 e. The number of anilines is 1. The van der Waals surface area contributed by atoms with Gasteiger partial charge in [0.05, 0.1) is 11.4 Å². The van der Waals surface area contributed by atoms with Crippen LogP contribution in [0.15, 0.2) is 72.8 Å². The normalized spacial score (nSPS) is 10.8. The number of nitrogens with zero attached hydrogens (tertiary/aromatic N) is 2. The van der Waals surface area contributed by atoms with Crippen LogP contribution in [0.1, 0.15) is 28.8 Å². The van der Waals surface area contributed by atoms with E-state index in [2.05, 4.69) is 5.32 Å². The number of amides is 1. The summed E-state index contributed by atoms with van der Waals surface area (Å²) >= 11 is 0. The lowest BCUT2D eigenvalue weighted by molar-refractivity contribution is -0.116. The molecule has 0 aliphatic rings. The molecule has 0 unspecified atom stereocenters. The first kappa shape index (κ1) is 22.3. The molecular formula is C27H26FN3O2. The Bertz CT molecular complexity index is 1300. The Morgan fingerprint density at radius 2 is 1.79 bits per heavy atom. The number of benzene rings is 3. The van der Waals surface area contributed by atoms with E-state index in [0.29, 0.717) is 18.0 Å². The zero-order valence-electron chi connectivity index (χ0n) is 18.9. The molecule has 0 saturated carbocycles. The van der Waals surface area contributed by atoms with E-state index in [1.165, 1.54) is 12.1 Å². The molecule has 5 nitrogen and oxygen atoms in total. The minimum absolute atomic E-state index is 0.204. The molecule has 6 heteroatoms. The van der Waals surface area contributed by atoms with Gasteiger partial charge in [0.25, 0.3) is 0 Å². The van der Waals surface area contributed by atoms with Gasteiger partial charge in [0, 0.05) is 17.7 Å². The van der Waals surface area contributed by atoms with Gasteiger partial charge in [-0.2, -0.15) is 5.10 Å². The monoisotopic (exact) mass is 443 g/mol. The van der Waals surface area contributed by atoms with Crippen molar-refractivity contribution in [3.8, 4) is 17.3 Å². The molecule has 0 atom stereocenters. The summed E-state index contributed by atoms with van der Waals surface area (Å²) in [5, 5.41) is 7.48. The van der Waals surface area contributed by atoms with Crippen LogP contribution in [0.2, 0.25) is 0 Å². The second-order valence-electron chi connectivity index (χ2n) is 8.05. The lowest BCUT2D eigenvalue weighted by atomic mass is 10.1. The predicted molar refractivity (Wildman–Crippen MR) is 128 cm³/mol. The minimum atomic E-state index is -0.392. The number of nitrogens with one attached hydrogen (secondary N) is 1. The third-order valence-corrected chi connectivity index (χ3v) is 5.39. The van der Waals surface area contributed by atoms with Crippen molar-refractivity contribution >= 4 is 11.6 Å². The molecule has 4 rings (SSSR count). The van der Waals surface area contributed by atoms with Crippen molar-refractivity contribution in [1.29, 1.82) is 0 Å². The first-order chi connectivity index (χ1) is 15.9. The van der Waals surface area contributed by atoms with Gasteiger partial charge in [0.15, 0.2) is 0 Å². The van der Waals surface area contributed by atoms with Crippen LogP contribution in [0, 0.1) is 26.6 Å². The molecule has 1 N–H and O–H groups in total. The highest BCUT2D eigenvalue weighted by Gasteiger charge is 2.20. The van der Waals surface area contributed by atoms with Crippen molar-refractivity contribution in [1.82, 2.24) is 9.78 Å². The highest BCUT2D eigenvalue weighted by molar-refractivity contribution is 5.90. The maximum atomic E-state index is 13.4. The average molecular weight is 444 g/mol. The number of hydrogen-bond donors (Lipinski definition) is 1. The molecule has 4 aromatic rings. The number of halogens is 1. The van der Waals surface area contributed by atoms with Gasteiger partial charge in [-0.25, -0.2) is 9.07 Å². The molecule has 168 valence electrons. The summed E-state index contributed by atoms with van der Waals surface area (Å²) < 4.78 is 21.6. The summed E-state index contributed by atoms with van der Waals surface area (Å²) in [5.74, 6) is 0.727. The number of carbonyl (C=O) groups excluding carboxylic acids is 1. The molecule has 0 radical (unpaired) electrons. The van der Waals surface area contributed by atoms with Crippen LogP contribution >= 0.6 is 0 Å². The SMILES string of the molecule is Cc1cccc(-n2nc(C)c(CCC(=O)Nc3cccc(F)c3)c2Oc2ccccc2C)c1. The highest BCUT2D eigenvalue weighted by Crippen LogP contribution is 2.33. The number of aryl methyl sites for hydroxylation is 3. The minimum Gasteiger partial charge on any atom is -0.438 e. The van der Waals surface area contributed by atoms with E-state index < -0.39 is 5.82 Å². The number of hydrogen-bond acceptors (Lipinski definition) is 3. The van der Waals surface area contributed by atoms with Gasteiger partial charge >= 0.3 is 0 Å². The summed E-state index contributed by atoms with van der Waals surface area (Å²) in [4.78, 5) is 12.6. The highest BCUT2D eigenvalue weighted by atomic mass is 19.1. The lowest BCUT2D eigenvalue weighted by Crippen LogP contribution is -2.12.